The van der Waals surface area contributed by atoms with Crippen LogP contribution in [0.25, 0.3) is 0 Å². The number of aromatic nitrogens is 1. The predicted molar refractivity (Wildman–Crippen MR) is 67.4 cm³/mol. The van der Waals surface area contributed by atoms with Crippen LogP contribution < -0.4 is 15.4 Å². The van der Waals surface area contributed by atoms with E-state index in [0.29, 0.717) is 5.88 Å². The number of pyridine rings is 1. The minimum absolute atomic E-state index is 0.702. The Kier molecular flexibility index (Phi) is 4.18. The Morgan fingerprint density at radius 1 is 1.53 bits per heavy atom. The van der Waals surface area contributed by atoms with Crippen molar-refractivity contribution in [1.82, 2.24) is 15.6 Å². The van der Waals surface area contributed by atoms with Crippen LogP contribution in [0, 0.1) is 0 Å². The lowest BCUT2D eigenvalue weighted by molar-refractivity contribution is 0.392. The molecule has 0 saturated heterocycles. The molecule has 1 aliphatic heterocycles. The lowest BCUT2D eigenvalue weighted by Crippen LogP contribution is -2.41. The van der Waals surface area contributed by atoms with Crippen molar-refractivity contribution in [3.63, 3.8) is 0 Å². The summed E-state index contributed by atoms with van der Waals surface area (Å²) in [4.78, 5) is 8.52. The SMILES string of the molecule is COc1ncccc1CCNC1=NCCCN1. The van der Waals surface area contributed by atoms with Crippen LogP contribution in [0.1, 0.15) is 12.0 Å². The van der Waals surface area contributed by atoms with Gasteiger partial charge in [-0.05, 0) is 18.9 Å². The summed E-state index contributed by atoms with van der Waals surface area (Å²) in [7, 11) is 1.64. The van der Waals surface area contributed by atoms with Crippen molar-refractivity contribution in [2.24, 2.45) is 4.99 Å². The Bertz CT molecular complexity index is 392. The highest BCUT2D eigenvalue weighted by atomic mass is 16.5. The van der Waals surface area contributed by atoms with E-state index in [1.54, 1.807) is 13.3 Å². The third-order valence-corrected chi connectivity index (χ3v) is 2.63. The second kappa shape index (κ2) is 6.08. The Hall–Kier alpha value is -1.78. The van der Waals surface area contributed by atoms with Gasteiger partial charge in [-0.2, -0.15) is 0 Å². The normalized spacial score (nSPS) is 14.8. The summed E-state index contributed by atoms with van der Waals surface area (Å²) < 4.78 is 5.20. The molecule has 0 atom stereocenters. The van der Waals surface area contributed by atoms with Gasteiger partial charge in [0.25, 0.3) is 0 Å². The first-order chi connectivity index (χ1) is 8.40. The molecule has 0 aromatic carbocycles. The Balaban J connectivity index is 1.83. The molecule has 17 heavy (non-hydrogen) atoms. The summed E-state index contributed by atoms with van der Waals surface area (Å²) in [6.07, 6.45) is 3.72. The molecule has 1 aromatic heterocycles. The molecule has 0 unspecified atom stereocenters. The molecule has 0 aliphatic carbocycles. The summed E-state index contributed by atoms with van der Waals surface area (Å²) in [5, 5.41) is 6.50. The first-order valence-electron chi connectivity index (χ1n) is 5.90. The summed E-state index contributed by atoms with van der Waals surface area (Å²) in [5.41, 5.74) is 1.11. The maximum Gasteiger partial charge on any atom is 0.216 e. The summed E-state index contributed by atoms with van der Waals surface area (Å²) in [6, 6.07) is 3.96. The number of hydrogen-bond donors (Lipinski definition) is 2. The van der Waals surface area contributed by atoms with Crippen molar-refractivity contribution in [1.29, 1.82) is 0 Å². The number of guanidine groups is 1. The number of hydrogen-bond acceptors (Lipinski definition) is 5. The Morgan fingerprint density at radius 3 is 3.24 bits per heavy atom. The van der Waals surface area contributed by atoms with E-state index in [-0.39, 0.29) is 0 Å². The molecule has 0 spiro atoms. The van der Waals surface area contributed by atoms with Gasteiger partial charge in [0.05, 0.1) is 7.11 Å². The molecule has 0 radical (unpaired) electrons. The maximum atomic E-state index is 5.20. The van der Waals surface area contributed by atoms with Gasteiger partial charge in [-0.15, -0.1) is 0 Å². The van der Waals surface area contributed by atoms with Crippen molar-refractivity contribution in [3.05, 3.63) is 23.9 Å². The maximum absolute atomic E-state index is 5.20. The summed E-state index contributed by atoms with van der Waals surface area (Å²) in [5.74, 6) is 1.60. The van der Waals surface area contributed by atoms with Gasteiger partial charge in [0.15, 0.2) is 5.96 Å². The third kappa shape index (κ3) is 3.34. The molecule has 1 aromatic rings. The van der Waals surface area contributed by atoms with Gasteiger partial charge < -0.3 is 15.4 Å². The first-order valence-corrected chi connectivity index (χ1v) is 5.90. The third-order valence-electron chi connectivity index (χ3n) is 2.63. The number of rotatable bonds is 4. The zero-order valence-corrected chi connectivity index (χ0v) is 10.1. The van der Waals surface area contributed by atoms with Crippen LogP contribution in [0.15, 0.2) is 23.3 Å². The van der Waals surface area contributed by atoms with Gasteiger partial charge in [0.2, 0.25) is 5.88 Å². The second-order valence-electron chi connectivity index (χ2n) is 3.86. The molecule has 0 amide bonds. The molecule has 2 rings (SSSR count). The van der Waals surface area contributed by atoms with E-state index in [2.05, 4.69) is 20.6 Å². The fourth-order valence-electron chi connectivity index (χ4n) is 1.76. The lowest BCUT2D eigenvalue weighted by atomic mass is 10.2. The fraction of sp³-hybridized carbons (Fsp3) is 0.500. The van der Waals surface area contributed by atoms with Gasteiger partial charge in [-0.1, -0.05) is 6.07 Å². The molecular weight excluding hydrogens is 216 g/mol. The molecule has 5 heteroatoms. The molecule has 0 bridgehead atoms. The predicted octanol–water partition coefficient (Wildman–Crippen LogP) is 0.572. The van der Waals surface area contributed by atoms with E-state index in [1.807, 2.05) is 12.1 Å². The average Bonchev–Trinajstić information content (AvgIpc) is 2.40. The fourth-order valence-corrected chi connectivity index (χ4v) is 1.76. The van der Waals surface area contributed by atoms with E-state index < -0.39 is 0 Å². The van der Waals surface area contributed by atoms with Gasteiger partial charge >= 0.3 is 0 Å². The lowest BCUT2D eigenvalue weighted by Gasteiger charge is -2.16. The van der Waals surface area contributed by atoms with Gasteiger partial charge in [0, 0.05) is 31.4 Å². The number of ether oxygens (including phenoxy) is 1. The zero-order valence-electron chi connectivity index (χ0n) is 10.1. The molecule has 1 aliphatic rings. The van der Waals surface area contributed by atoms with Crippen LogP contribution in [0.4, 0.5) is 0 Å². The van der Waals surface area contributed by atoms with Gasteiger partial charge in [0.1, 0.15) is 0 Å². The van der Waals surface area contributed by atoms with Crippen LogP contribution in [-0.2, 0) is 6.42 Å². The highest BCUT2D eigenvalue weighted by molar-refractivity contribution is 5.80. The standard InChI is InChI=1S/C12H18N4O/c1-17-11-10(4-2-6-13-11)5-9-16-12-14-7-3-8-15-12/h2,4,6H,3,5,7-9H2,1H3,(H2,14,15,16). The minimum Gasteiger partial charge on any atom is -0.481 e. The van der Waals surface area contributed by atoms with Crippen molar-refractivity contribution < 1.29 is 4.74 Å². The molecule has 0 saturated carbocycles. The average molecular weight is 234 g/mol. The molecule has 5 nitrogen and oxygen atoms in total. The molecule has 2 heterocycles. The van der Waals surface area contributed by atoms with E-state index in [0.717, 1.165) is 44.0 Å². The quantitative estimate of drug-likeness (QED) is 0.799. The second-order valence-corrected chi connectivity index (χ2v) is 3.86. The van der Waals surface area contributed by atoms with Crippen LogP contribution >= 0.6 is 0 Å². The van der Waals surface area contributed by atoms with E-state index in [9.17, 15) is 0 Å². The summed E-state index contributed by atoms with van der Waals surface area (Å²) in [6.45, 7) is 2.74. The smallest absolute Gasteiger partial charge is 0.216 e. The van der Waals surface area contributed by atoms with Crippen molar-refractivity contribution in [2.45, 2.75) is 12.8 Å². The minimum atomic E-state index is 0.702. The van der Waals surface area contributed by atoms with Crippen molar-refractivity contribution >= 4 is 5.96 Å². The highest BCUT2D eigenvalue weighted by Gasteiger charge is 2.05. The Morgan fingerprint density at radius 2 is 2.47 bits per heavy atom. The van der Waals surface area contributed by atoms with Crippen LogP contribution in [-0.4, -0.2) is 37.7 Å². The van der Waals surface area contributed by atoms with Crippen LogP contribution in [0.3, 0.4) is 0 Å². The van der Waals surface area contributed by atoms with Crippen LogP contribution in [0.2, 0.25) is 0 Å². The van der Waals surface area contributed by atoms with E-state index in [1.165, 1.54) is 0 Å². The van der Waals surface area contributed by atoms with Crippen molar-refractivity contribution in [2.75, 3.05) is 26.7 Å². The monoisotopic (exact) mass is 234 g/mol. The molecule has 2 N–H and O–H groups in total. The molecule has 0 fully saturated rings. The first kappa shape index (κ1) is 11.7. The largest absolute Gasteiger partial charge is 0.481 e. The van der Waals surface area contributed by atoms with Gasteiger partial charge in [-0.3, -0.25) is 4.99 Å². The molecular formula is C12H18N4O. The van der Waals surface area contributed by atoms with Crippen molar-refractivity contribution in [3.8, 4) is 5.88 Å². The number of aliphatic imine (C=N–C) groups is 1. The Labute approximate surface area is 101 Å². The number of methoxy groups -OCH3 is 1. The number of nitrogens with one attached hydrogen (secondary N) is 2. The highest BCUT2D eigenvalue weighted by Crippen LogP contribution is 2.13. The topological polar surface area (TPSA) is 58.5 Å². The summed E-state index contributed by atoms with van der Waals surface area (Å²) >= 11 is 0. The molecule has 92 valence electrons. The van der Waals surface area contributed by atoms with Gasteiger partial charge in [-0.25, -0.2) is 4.98 Å². The van der Waals surface area contributed by atoms with Crippen LogP contribution in [0.5, 0.6) is 5.88 Å². The van der Waals surface area contributed by atoms with E-state index in [4.69, 9.17) is 4.74 Å². The zero-order chi connectivity index (χ0) is 11.9. The van der Waals surface area contributed by atoms with E-state index >= 15 is 0 Å². The number of nitrogens with zero attached hydrogens (tertiary/aromatic N) is 2.